The molecule has 0 amide bonds. The van der Waals surface area contributed by atoms with Crippen molar-refractivity contribution in [1.82, 2.24) is 4.57 Å². The molecule has 3 rings (SSSR count). The lowest BCUT2D eigenvalue weighted by Crippen LogP contribution is -2.04. The average Bonchev–Trinajstić information content (AvgIpc) is 2.93. The fourth-order valence-electron chi connectivity index (χ4n) is 2.67. The van der Waals surface area contributed by atoms with Gasteiger partial charge in [0.15, 0.2) is 0 Å². The highest BCUT2D eigenvalue weighted by molar-refractivity contribution is 5.93. The topological polar surface area (TPSA) is 31.2 Å². The summed E-state index contributed by atoms with van der Waals surface area (Å²) in [4.78, 5) is 12.0. The van der Waals surface area contributed by atoms with Crippen LogP contribution in [0.4, 0.5) is 4.39 Å². The summed E-state index contributed by atoms with van der Waals surface area (Å²) < 4.78 is 20.0. The van der Waals surface area contributed by atoms with Gasteiger partial charge in [0.1, 0.15) is 5.82 Å². The van der Waals surface area contributed by atoms with Gasteiger partial charge in [-0.1, -0.05) is 18.2 Å². The molecular weight excluding hydrogens is 293 g/mol. The summed E-state index contributed by atoms with van der Waals surface area (Å²) in [5, 5.41) is 0. The van der Waals surface area contributed by atoms with Gasteiger partial charge in [0.2, 0.25) is 0 Å². The van der Waals surface area contributed by atoms with E-state index in [0.29, 0.717) is 5.56 Å². The molecule has 0 atom stereocenters. The van der Waals surface area contributed by atoms with Crippen LogP contribution in [0.25, 0.3) is 16.9 Å². The quantitative estimate of drug-likeness (QED) is 0.672. The van der Waals surface area contributed by atoms with Gasteiger partial charge < -0.3 is 9.30 Å². The normalized spacial score (nSPS) is 10.6. The average molecular weight is 309 g/mol. The summed E-state index contributed by atoms with van der Waals surface area (Å²) in [5.41, 5.74) is 3.85. The summed E-state index contributed by atoms with van der Waals surface area (Å²) in [6, 6.07) is 17.7. The van der Waals surface area contributed by atoms with E-state index in [1.54, 1.807) is 18.2 Å². The number of hydrogen-bond donors (Lipinski definition) is 0. The number of benzene rings is 2. The Bertz CT molecular complexity index is 836. The number of halogens is 1. The predicted octanol–water partition coefficient (Wildman–Crippen LogP) is 4.38. The molecule has 0 saturated heterocycles. The van der Waals surface area contributed by atoms with Crippen LogP contribution in [-0.4, -0.2) is 17.6 Å². The summed E-state index contributed by atoms with van der Waals surface area (Å²) in [5.74, 6) is -0.683. The molecule has 0 bridgehead atoms. The van der Waals surface area contributed by atoms with Crippen molar-refractivity contribution in [2.75, 3.05) is 7.11 Å². The summed E-state index contributed by atoms with van der Waals surface area (Å²) in [6.07, 6.45) is 0. The molecule has 0 saturated carbocycles. The minimum absolute atomic E-state index is 0.295. The molecule has 0 spiro atoms. The summed E-state index contributed by atoms with van der Waals surface area (Å²) >= 11 is 0. The molecule has 3 aromatic rings. The smallest absolute Gasteiger partial charge is 0.339 e. The van der Waals surface area contributed by atoms with Gasteiger partial charge in [-0.3, -0.25) is 0 Å². The first kappa shape index (κ1) is 15.0. The van der Waals surface area contributed by atoms with Crippen LogP contribution in [0.3, 0.4) is 0 Å². The summed E-state index contributed by atoms with van der Waals surface area (Å²) in [7, 11) is 1.36. The predicted molar refractivity (Wildman–Crippen MR) is 87.2 cm³/mol. The number of ether oxygens (including phenoxy) is 1. The Labute approximate surface area is 134 Å². The molecule has 1 heterocycles. The number of carbonyl (C=O) groups excluding carboxylic acids is 1. The molecule has 2 aromatic carbocycles. The first-order valence-corrected chi connectivity index (χ1v) is 7.24. The number of esters is 1. The van der Waals surface area contributed by atoms with E-state index >= 15 is 0 Å². The van der Waals surface area contributed by atoms with Crippen molar-refractivity contribution in [2.24, 2.45) is 0 Å². The Morgan fingerprint density at radius 1 is 1.04 bits per heavy atom. The fraction of sp³-hybridized carbons (Fsp3) is 0.105. The lowest BCUT2D eigenvalue weighted by molar-refractivity contribution is 0.0600. The van der Waals surface area contributed by atoms with Gasteiger partial charge in [-0.25, -0.2) is 9.18 Å². The minimum atomic E-state index is -0.388. The van der Waals surface area contributed by atoms with E-state index < -0.39 is 0 Å². The highest BCUT2D eigenvalue weighted by atomic mass is 19.1. The second-order valence-corrected chi connectivity index (χ2v) is 5.20. The molecule has 0 fully saturated rings. The van der Waals surface area contributed by atoms with E-state index in [4.69, 9.17) is 4.74 Å². The van der Waals surface area contributed by atoms with Gasteiger partial charge in [0, 0.05) is 11.4 Å². The summed E-state index contributed by atoms with van der Waals surface area (Å²) in [6.45, 7) is 1.87. The van der Waals surface area contributed by atoms with Crippen molar-refractivity contribution < 1.29 is 13.9 Å². The van der Waals surface area contributed by atoms with E-state index in [1.165, 1.54) is 19.2 Å². The second-order valence-electron chi connectivity index (χ2n) is 5.20. The van der Waals surface area contributed by atoms with Crippen LogP contribution in [0.1, 0.15) is 16.1 Å². The van der Waals surface area contributed by atoms with Crippen LogP contribution < -0.4 is 0 Å². The zero-order chi connectivity index (χ0) is 16.4. The lowest BCUT2D eigenvalue weighted by Gasteiger charge is -2.12. The van der Waals surface area contributed by atoms with Gasteiger partial charge in [0.05, 0.1) is 18.4 Å². The molecule has 4 heteroatoms. The Hall–Kier alpha value is -2.88. The fourth-order valence-corrected chi connectivity index (χ4v) is 2.67. The van der Waals surface area contributed by atoms with Crippen molar-refractivity contribution >= 4 is 5.97 Å². The van der Waals surface area contributed by atoms with Gasteiger partial charge in [-0.2, -0.15) is 0 Å². The Morgan fingerprint density at radius 2 is 1.70 bits per heavy atom. The Morgan fingerprint density at radius 3 is 2.30 bits per heavy atom. The number of para-hydroxylation sites is 1. The number of rotatable bonds is 3. The van der Waals surface area contributed by atoms with E-state index in [-0.39, 0.29) is 11.8 Å². The first-order valence-electron chi connectivity index (χ1n) is 7.24. The number of carbonyl (C=O) groups is 1. The molecular formula is C19H16FNO2. The third-order valence-corrected chi connectivity index (χ3v) is 3.81. The number of hydrogen-bond acceptors (Lipinski definition) is 2. The van der Waals surface area contributed by atoms with Crippen LogP contribution in [0.2, 0.25) is 0 Å². The van der Waals surface area contributed by atoms with E-state index in [9.17, 15) is 9.18 Å². The monoisotopic (exact) mass is 309 g/mol. The minimum Gasteiger partial charge on any atom is -0.465 e. The van der Waals surface area contributed by atoms with Crippen molar-refractivity contribution in [3.8, 4) is 16.9 Å². The number of nitrogens with zero attached hydrogens (tertiary/aromatic N) is 1. The van der Waals surface area contributed by atoms with Crippen molar-refractivity contribution in [2.45, 2.75) is 6.92 Å². The van der Waals surface area contributed by atoms with E-state index in [2.05, 4.69) is 0 Å². The zero-order valence-corrected chi connectivity index (χ0v) is 12.9. The zero-order valence-electron chi connectivity index (χ0n) is 12.9. The molecule has 0 N–H and O–H groups in total. The first-order chi connectivity index (χ1) is 11.1. The maximum Gasteiger partial charge on any atom is 0.339 e. The SMILES string of the molecule is COC(=O)c1cc(-c2ccc(F)cc2)n(-c2ccccc2)c1C. The van der Waals surface area contributed by atoms with Crippen LogP contribution >= 0.6 is 0 Å². The van der Waals surface area contributed by atoms with Crippen molar-refractivity contribution in [3.63, 3.8) is 0 Å². The number of aromatic nitrogens is 1. The van der Waals surface area contributed by atoms with Gasteiger partial charge in [-0.05, 0) is 55.0 Å². The van der Waals surface area contributed by atoms with Crippen LogP contribution in [0, 0.1) is 12.7 Å². The van der Waals surface area contributed by atoms with Crippen molar-refractivity contribution in [3.05, 3.63) is 77.7 Å². The molecule has 116 valence electrons. The largest absolute Gasteiger partial charge is 0.465 e. The third kappa shape index (κ3) is 2.75. The molecule has 23 heavy (non-hydrogen) atoms. The molecule has 1 aromatic heterocycles. The molecule has 0 aliphatic carbocycles. The van der Waals surface area contributed by atoms with Gasteiger partial charge in [-0.15, -0.1) is 0 Å². The van der Waals surface area contributed by atoms with Gasteiger partial charge in [0.25, 0.3) is 0 Å². The maximum atomic E-state index is 13.2. The highest BCUT2D eigenvalue weighted by Crippen LogP contribution is 2.30. The standard InChI is InChI=1S/C19H16FNO2/c1-13-17(19(22)23-2)12-18(14-8-10-15(20)11-9-14)21(13)16-6-4-3-5-7-16/h3-12H,1-2H3. The molecule has 0 radical (unpaired) electrons. The van der Waals surface area contributed by atoms with Crippen LogP contribution in [0.5, 0.6) is 0 Å². The highest BCUT2D eigenvalue weighted by Gasteiger charge is 2.19. The second kappa shape index (κ2) is 6.08. The maximum absolute atomic E-state index is 13.2. The Kier molecular flexibility index (Phi) is 3.98. The third-order valence-electron chi connectivity index (χ3n) is 3.81. The molecule has 0 aliphatic heterocycles. The van der Waals surface area contributed by atoms with Crippen molar-refractivity contribution in [1.29, 1.82) is 0 Å². The van der Waals surface area contributed by atoms with Gasteiger partial charge >= 0.3 is 5.97 Å². The van der Waals surface area contributed by atoms with E-state index in [1.807, 2.05) is 41.8 Å². The molecule has 3 nitrogen and oxygen atoms in total. The lowest BCUT2D eigenvalue weighted by atomic mass is 10.1. The molecule has 0 aliphatic rings. The van der Waals surface area contributed by atoms with Crippen LogP contribution in [-0.2, 0) is 4.74 Å². The van der Waals surface area contributed by atoms with Crippen LogP contribution in [0.15, 0.2) is 60.7 Å². The number of methoxy groups -OCH3 is 1. The molecule has 0 unspecified atom stereocenters. The Balaban J connectivity index is 2.25. The van der Waals surface area contributed by atoms with E-state index in [0.717, 1.165) is 22.6 Å².